The van der Waals surface area contributed by atoms with Crippen LogP contribution in [0.3, 0.4) is 0 Å². The van der Waals surface area contributed by atoms with Gasteiger partial charge in [-0.05, 0) is 80.3 Å². The molecular formula is C28H29ClFN3O4. The van der Waals surface area contributed by atoms with Crippen LogP contribution in [0.5, 0.6) is 0 Å². The van der Waals surface area contributed by atoms with Crippen molar-refractivity contribution < 1.29 is 23.9 Å². The van der Waals surface area contributed by atoms with Crippen LogP contribution in [0, 0.1) is 11.7 Å². The number of amides is 2. The fourth-order valence-electron chi connectivity index (χ4n) is 5.56. The highest BCUT2D eigenvalue weighted by molar-refractivity contribution is 6.47. The SMILES string of the molecule is O=C(O)CCNC(=O)c1ccc(C(C2CC2)N2C(=O)C(c3ccc(F)c(Cl)c3)=NC23CCCCC3)cc1. The molecule has 2 amide bonds. The summed E-state index contributed by atoms with van der Waals surface area (Å²) in [5.41, 5.74) is 1.57. The summed E-state index contributed by atoms with van der Waals surface area (Å²) >= 11 is 6.04. The Morgan fingerprint density at radius 3 is 2.46 bits per heavy atom. The van der Waals surface area contributed by atoms with Gasteiger partial charge < -0.3 is 15.3 Å². The molecule has 1 spiro atoms. The predicted octanol–water partition coefficient (Wildman–Crippen LogP) is 5.13. The zero-order valence-electron chi connectivity index (χ0n) is 20.4. The molecule has 1 heterocycles. The summed E-state index contributed by atoms with van der Waals surface area (Å²) in [5.74, 6) is -1.72. The molecule has 2 aromatic rings. The second-order valence-electron chi connectivity index (χ2n) is 10.1. The Balaban J connectivity index is 1.45. The number of halogens is 2. The number of aliphatic imine (C=N–C) groups is 1. The summed E-state index contributed by atoms with van der Waals surface area (Å²) in [5, 5.41) is 11.4. The van der Waals surface area contributed by atoms with Crippen molar-refractivity contribution in [3.63, 3.8) is 0 Å². The van der Waals surface area contributed by atoms with Crippen LogP contribution in [0.4, 0.5) is 4.39 Å². The lowest BCUT2D eigenvalue weighted by Gasteiger charge is -2.44. The summed E-state index contributed by atoms with van der Waals surface area (Å²) < 4.78 is 13.8. The number of aliphatic carboxylic acids is 1. The molecule has 0 aromatic heterocycles. The minimum Gasteiger partial charge on any atom is -0.481 e. The van der Waals surface area contributed by atoms with Crippen LogP contribution in [0.2, 0.25) is 5.02 Å². The highest BCUT2D eigenvalue weighted by atomic mass is 35.5. The van der Waals surface area contributed by atoms with Crippen LogP contribution >= 0.6 is 11.6 Å². The van der Waals surface area contributed by atoms with Gasteiger partial charge >= 0.3 is 5.97 Å². The van der Waals surface area contributed by atoms with Gasteiger partial charge in [0.1, 0.15) is 17.2 Å². The fourth-order valence-corrected chi connectivity index (χ4v) is 5.74. The molecular weight excluding hydrogens is 497 g/mol. The lowest BCUT2D eigenvalue weighted by molar-refractivity contribution is -0.137. The van der Waals surface area contributed by atoms with Gasteiger partial charge in [0.2, 0.25) is 0 Å². The lowest BCUT2D eigenvalue weighted by atomic mass is 9.86. The first-order chi connectivity index (χ1) is 17.8. The fraction of sp³-hybridized carbons (Fsp3) is 0.429. The van der Waals surface area contributed by atoms with Gasteiger partial charge in [0.05, 0.1) is 17.5 Å². The van der Waals surface area contributed by atoms with E-state index in [-0.39, 0.29) is 35.8 Å². The Morgan fingerprint density at radius 2 is 1.84 bits per heavy atom. The van der Waals surface area contributed by atoms with Gasteiger partial charge in [-0.1, -0.05) is 30.2 Å². The van der Waals surface area contributed by atoms with E-state index in [1.54, 1.807) is 18.2 Å². The molecule has 3 aliphatic rings. The minimum absolute atomic E-state index is 0.0416. The molecule has 2 saturated carbocycles. The van der Waals surface area contributed by atoms with Crippen LogP contribution in [-0.4, -0.2) is 45.7 Å². The molecule has 2 fully saturated rings. The number of hydrogen-bond donors (Lipinski definition) is 2. The molecule has 2 aliphatic carbocycles. The number of carboxylic acids is 1. The smallest absolute Gasteiger partial charge is 0.305 e. The van der Waals surface area contributed by atoms with E-state index in [0.29, 0.717) is 22.8 Å². The van der Waals surface area contributed by atoms with Crippen molar-refractivity contribution in [2.45, 2.75) is 63.1 Å². The summed E-state index contributed by atoms with van der Waals surface area (Å²) in [7, 11) is 0. The van der Waals surface area contributed by atoms with Crippen LogP contribution in [0.15, 0.2) is 47.5 Å². The number of rotatable bonds is 8. The maximum Gasteiger partial charge on any atom is 0.305 e. The van der Waals surface area contributed by atoms with Gasteiger partial charge in [-0.15, -0.1) is 0 Å². The first kappa shape index (κ1) is 25.4. The van der Waals surface area contributed by atoms with E-state index in [1.165, 1.54) is 12.1 Å². The molecule has 1 unspecified atom stereocenters. The molecule has 194 valence electrons. The van der Waals surface area contributed by atoms with Crippen molar-refractivity contribution in [1.29, 1.82) is 0 Å². The van der Waals surface area contributed by atoms with Gasteiger partial charge in [0.25, 0.3) is 11.8 Å². The first-order valence-corrected chi connectivity index (χ1v) is 13.2. The quantitative estimate of drug-likeness (QED) is 0.499. The largest absolute Gasteiger partial charge is 0.481 e. The minimum atomic E-state index is -0.973. The van der Waals surface area contributed by atoms with Crippen LogP contribution in [0.25, 0.3) is 0 Å². The number of carboxylic acid groups (broad SMARTS) is 1. The number of hydrogen-bond acceptors (Lipinski definition) is 4. The van der Waals surface area contributed by atoms with Crippen molar-refractivity contribution in [3.05, 3.63) is 70.0 Å². The molecule has 0 radical (unpaired) electrons. The highest BCUT2D eigenvalue weighted by Crippen LogP contribution is 2.52. The maximum absolute atomic E-state index is 14.0. The Morgan fingerprint density at radius 1 is 1.14 bits per heavy atom. The number of carbonyl (C=O) groups is 3. The van der Waals surface area contributed by atoms with Crippen molar-refractivity contribution in [2.24, 2.45) is 10.9 Å². The molecule has 1 atom stereocenters. The second kappa shape index (κ2) is 10.2. The number of nitrogens with one attached hydrogen (secondary N) is 1. The second-order valence-corrected chi connectivity index (χ2v) is 10.5. The molecule has 7 nitrogen and oxygen atoms in total. The Labute approximate surface area is 219 Å². The average Bonchev–Trinajstić information content (AvgIpc) is 3.69. The summed E-state index contributed by atoms with van der Waals surface area (Å²) in [4.78, 5) is 44.2. The number of nitrogens with zero attached hydrogens (tertiary/aromatic N) is 2. The van der Waals surface area contributed by atoms with E-state index in [2.05, 4.69) is 5.32 Å². The first-order valence-electron chi connectivity index (χ1n) is 12.8. The molecule has 1 aliphatic heterocycles. The van der Waals surface area contributed by atoms with Gasteiger partial charge in [0, 0.05) is 17.7 Å². The van der Waals surface area contributed by atoms with Crippen molar-refractivity contribution in [2.75, 3.05) is 6.54 Å². The Bertz CT molecular complexity index is 1250. The summed E-state index contributed by atoms with van der Waals surface area (Å²) in [6.07, 6.45) is 6.43. The van der Waals surface area contributed by atoms with E-state index < -0.39 is 17.4 Å². The van der Waals surface area contributed by atoms with Gasteiger partial charge in [-0.25, -0.2) is 4.39 Å². The summed E-state index contributed by atoms with van der Waals surface area (Å²) in [6.45, 7) is 0.0545. The summed E-state index contributed by atoms with van der Waals surface area (Å²) in [6, 6.07) is 11.3. The van der Waals surface area contributed by atoms with E-state index in [1.807, 2.05) is 17.0 Å². The lowest BCUT2D eigenvalue weighted by Crippen LogP contribution is -2.50. The molecule has 2 N–H and O–H groups in total. The Hall–Kier alpha value is -3.26. The van der Waals surface area contributed by atoms with Gasteiger partial charge in [0.15, 0.2) is 0 Å². The van der Waals surface area contributed by atoms with E-state index in [9.17, 15) is 18.8 Å². The highest BCUT2D eigenvalue weighted by Gasteiger charge is 2.53. The normalized spacial score (nSPS) is 19.6. The van der Waals surface area contributed by atoms with Crippen LogP contribution < -0.4 is 5.32 Å². The molecule has 0 bridgehead atoms. The van der Waals surface area contributed by atoms with Crippen molar-refractivity contribution in [3.8, 4) is 0 Å². The third-order valence-electron chi connectivity index (χ3n) is 7.52. The van der Waals surface area contributed by atoms with Gasteiger partial charge in [-0.3, -0.25) is 19.4 Å². The molecule has 5 rings (SSSR count). The van der Waals surface area contributed by atoms with E-state index in [4.69, 9.17) is 21.7 Å². The Kier molecular flexibility index (Phi) is 7.03. The van der Waals surface area contributed by atoms with E-state index >= 15 is 0 Å². The van der Waals surface area contributed by atoms with Crippen molar-refractivity contribution in [1.82, 2.24) is 10.2 Å². The maximum atomic E-state index is 14.0. The van der Waals surface area contributed by atoms with Gasteiger partial charge in [-0.2, -0.15) is 0 Å². The third kappa shape index (κ3) is 5.12. The van der Waals surface area contributed by atoms with Crippen molar-refractivity contribution >= 4 is 35.1 Å². The van der Waals surface area contributed by atoms with Crippen LogP contribution in [-0.2, 0) is 9.59 Å². The zero-order valence-corrected chi connectivity index (χ0v) is 21.1. The topological polar surface area (TPSA) is 99.1 Å². The third-order valence-corrected chi connectivity index (χ3v) is 7.81. The standard InChI is InChI=1S/C28H29ClFN3O4/c29-21-16-20(10-11-22(21)30)24-27(37)33(28(32-24)13-2-1-3-14-28)25(17-4-5-17)18-6-8-19(9-7-18)26(36)31-15-12-23(34)35/h6-11,16-17,25H,1-5,12-15H2,(H,31,36)(H,34,35). The zero-order chi connectivity index (χ0) is 26.2. The van der Waals surface area contributed by atoms with Crippen LogP contribution in [0.1, 0.15) is 78.9 Å². The monoisotopic (exact) mass is 525 g/mol. The number of carbonyl (C=O) groups excluding carboxylic acids is 2. The van der Waals surface area contributed by atoms with E-state index in [0.717, 1.165) is 50.5 Å². The molecule has 2 aromatic carbocycles. The number of benzene rings is 2. The molecule has 37 heavy (non-hydrogen) atoms. The predicted molar refractivity (Wildman–Crippen MR) is 137 cm³/mol. The molecule has 0 saturated heterocycles. The average molecular weight is 526 g/mol. The molecule has 9 heteroatoms.